The van der Waals surface area contributed by atoms with E-state index in [1.54, 1.807) is 6.20 Å². The normalized spacial score (nSPS) is 22.9. The highest BCUT2D eigenvalue weighted by molar-refractivity contribution is 9.10. The molecule has 1 aromatic rings. The van der Waals surface area contributed by atoms with Gasteiger partial charge in [0.1, 0.15) is 11.6 Å². The average Bonchev–Trinajstić information content (AvgIpc) is 2.23. The smallest absolute Gasteiger partial charge is 0.148 e. The van der Waals surface area contributed by atoms with Crippen molar-refractivity contribution in [2.75, 3.05) is 30.8 Å². The molecule has 1 unspecified atom stereocenters. The Labute approximate surface area is 102 Å². The van der Waals surface area contributed by atoms with E-state index < -0.39 is 0 Å². The zero-order chi connectivity index (χ0) is 10.8. The van der Waals surface area contributed by atoms with Crippen molar-refractivity contribution in [1.29, 1.82) is 0 Å². The number of nitrogens with two attached hydrogens (primary N) is 1. The molecule has 0 radical (unpaired) electrons. The van der Waals surface area contributed by atoms with Crippen LogP contribution in [0.4, 0.5) is 5.82 Å². The molecule has 1 fully saturated rings. The number of rotatable bonds is 1. The summed E-state index contributed by atoms with van der Waals surface area (Å²) in [7, 11) is 2.10. The van der Waals surface area contributed by atoms with Gasteiger partial charge in [-0.15, -0.1) is 0 Å². The van der Waals surface area contributed by atoms with Crippen molar-refractivity contribution in [1.82, 2.24) is 14.9 Å². The number of nitrogens with zero attached hydrogens (tertiary/aromatic N) is 3. The Morgan fingerprint density at radius 3 is 3.13 bits per heavy atom. The lowest BCUT2D eigenvalue weighted by molar-refractivity contribution is 0.264. The van der Waals surface area contributed by atoms with Gasteiger partial charge in [0.25, 0.3) is 0 Å². The molecule has 0 amide bonds. The van der Waals surface area contributed by atoms with Crippen LogP contribution in [-0.4, -0.2) is 40.0 Å². The summed E-state index contributed by atoms with van der Waals surface area (Å²) >= 11 is 5.24. The molecular weight excluding hydrogens is 276 g/mol. The fourth-order valence-electron chi connectivity index (χ4n) is 1.51. The highest BCUT2D eigenvalue weighted by Gasteiger charge is 2.23. The maximum Gasteiger partial charge on any atom is 0.148 e. The average molecular weight is 289 g/mol. The van der Waals surface area contributed by atoms with Crippen molar-refractivity contribution in [2.24, 2.45) is 0 Å². The van der Waals surface area contributed by atoms with Crippen molar-refractivity contribution in [2.45, 2.75) is 6.04 Å². The van der Waals surface area contributed by atoms with Crippen LogP contribution in [0, 0.1) is 0 Å². The van der Waals surface area contributed by atoms with Crippen LogP contribution < -0.4 is 5.73 Å². The Morgan fingerprint density at radius 2 is 2.47 bits per heavy atom. The second kappa shape index (κ2) is 4.67. The van der Waals surface area contributed by atoms with E-state index in [0.717, 1.165) is 22.6 Å². The molecule has 1 atom stereocenters. The number of hydrogen-bond acceptors (Lipinski definition) is 5. The number of anilines is 1. The van der Waals surface area contributed by atoms with Crippen LogP contribution in [-0.2, 0) is 0 Å². The van der Waals surface area contributed by atoms with Gasteiger partial charge >= 0.3 is 0 Å². The number of aromatic nitrogens is 2. The summed E-state index contributed by atoms with van der Waals surface area (Å²) in [6.07, 6.45) is 1.73. The van der Waals surface area contributed by atoms with E-state index in [0.29, 0.717) is 11.9 Å². The number of nitrogen functional groups attached to an aromatic ring is 1. The SMILES string of the molecule is CN1CCSCC1c1ncc(Br)c(N)n1. The van der Waals surface area contributed by atoms with E-state index in [1.165, 1.54) is 5.75 Å². The predicted molar refractivity (Wildman–Crippen MR) is 66.8 cm³/mol. The summed E-state index contributed by atoms with van der Waals surface area (Å²) in [5.41, 5.74) is 5.75. The first-order valence-corrected chi connectivity index (χ1v) is 6.69. The van der Waals surface area contributed by atoms with Gasteiger partial charge in [-0.3, -0.25) is 4.90 Å². The summed E-state index contributed by atoms with van der Waals surface area (Å²) in [5, 5.41) is 0. The molecule has 2 N–H and O–H groups in total. The summed E-state index contributed by atoms with van der Waals surface area (Å²) in [6, 6.07) is 0.291. The lowest BCUT2D eigenvalue weighted by atomic mass is 10.2. The van der Waals surface area contributed by atoms with Crippen LogP contribution in [0.1, 0.15) is 11.9 Å². The fraction of sp³-hybridized carbons (Fsp3) is 0.556. The second-order valence-corrected chi connectivity index (χ2v) is 5.54. The summed E-state index contributed by atoms with van der Waals surface area (Å²) in [5.74, 6) is 3.56. The minimum Gasteiger partial charge on any atom is -0.383 e. The van der Waals surface area contributed by atoms with E-state index in [-0.39, 0.29) is 0 Å². The van der Waals surface area contributed by atoms with Crippen LogP contribution in [0.25, 0.3) is 0 Å². The standard InChI is InChI=1S/C9H13BrN4S/c1-14-2-3-15-5-7(14)9-12-4-6(10)8(11)13-9/h4,7H,2-3,5H2,1H3,(H2,11,12,13). The third kappa shape index (κ3) is 2.43. The molecule has 0 saturated carbocycles. The van der Waals surface area contributed by atoms with Crippen LogP contribution in [0.15, 0.2) is 10.7 Å². The molecule has 2 heterocycles. The third-order valence-corrected chi connectivity index (χ3v) is 4.12. The molecule has 1 aliphatic heterocycles. The van der Waals surface area contributed by atoms with Gasteiger partial charge < -0.3 is 5.73 Å². The summed E-state index contributed by atoms with van der Waals surface area (Å²) in [4.78, 5) is 10.9. The molecular formula is C9H13BrN4S. The Bertz CT molecular complexity index is 360. The maximum absolute atomic E-state index is 5.75. The van der Waals surface area contributed by atoms with Crippen molar-refractivity contribution in [3.63, 3.8) is 0 Å². The highest BCUT2D eigenvalue weighted by Crippen LogP contribution is 2.27. The minimum absolute atomic E-state index is 0.291. The monoisotopic (exact) mass is 288 g/mol. The van der Waals surface area contributed by atoms with Gasteiger partial charge in [-0.2, -0.15) is 11.8 Å². The maximum atomic E-state index is 5.75. The molecule has 82 valence electrons. The summed E-state index contributed by atoms with van der Waals surface area (Å²) in [6.45, 7) is 1.08. The lowest BCUT2D eigenvalue weighted by Gasteiger charge is -2.30. The van der Waals surface area contributed by atoms with Crippen molar-refractivity contribution < 1.29 is 0 Å². The molecule has 0 bridgehead atoms. The van der Waals surface area contributed by atoms with E-state index in [4.69, 9.17) is 5.73 Å². The van der Waals surface area contributed by atoms with E-state index in [9.17, 15) is 0 Å². The van der Waals surface area contributed by atoms with Crippen LogP contribution in [0.3, 0.4) is 0 Å². The largest absolute Gasteiger partial charge is 0.383 e. The molecule has 0 spiro atoms. The van der Waals surface area contributed by atoms with Gasteiger partial charge in [0.15, 0.2) is 0 Å². The molecule has 1 saturated heterocycles. The first-order chi connectivity index (χ1) is 7.18. The van der Waals surface area contributed by atoms with Gasteiger partial charge in [-0.1, -0.05) is 0 Å². The minimum atomic E-state index is 0.291. The van der Waals surface area contributed by atoms with Crippen LogP contribution in [0.2, 0.25) is 0 Å². The van der Waals surface area contributed by atoms with E-state index in [2.05, 4.69) is 37.8 Å². The Kier molecular flexibility index (Phi) is 3.48. The van der Waals surface area contributed by atoms with Crippen LogP contribution in [0.5, 0.6) is 0 Å². The molecule has 15 heavy (non-hydrogen) atoms. The molecule has 0 aliphatic carbocycles. The van der Waals surface area contributed by atoms with Gasteiger partial charge in [0.2, 0.25) is 0 Å². The second-order valence-electron chi connectivity index (χ2n) is 3.53. The van der Waals surface area contributed by atoms with Gasteiger partial charge in [0, 0.05) is 24.2 Å². The Balaban J connectivity index is 2.24. The fourth-order valence-corrected chi connectivity index (χ4v) is 2.92. The Morgan fingerprint density at radius 1 is 1.67 bits per heavy atom. The van der Waals surface area contributed by atoms with Crippen molar-refractivity contribution in [3.05, 3.63) is 16.5 Å². The molecule has 6 heteroatoms. The number of thioether (sulfide) groups is 1. The van der Waals surface area contributed by atoms with Gasteiger partial charge in [-0.25, -0.2) is 9.97 Å². The van der Waals surface area contributed by atoms with E-state index in [1.807, 2.05) is 11.8 Å². The quantitative estimate of drug-likeness (QED) is 0.850. The zero-order valence-corrected chi connectivity index (χ0v) is 10.9. The van der Waals surface area contributed by atoms with Crippen molar-refractivity contribution in [3.8, 4) is 0 Å². The van der Waals surface area contributed by atoms with Gasteiger partial charge in [-0.05, 0) is 23.0 Å². The predicted octanol–water partition coefficient (Wildman–Crippen LogP) is 1.54. The molecule has 1 aliphatic rings. The first-order valence-electron chi connectivity index (χ1n) is 4.74. The third-order valence-electron chi connectivity index (χ3n) is 2.48. The lowest BCUT2D eigenvalue weighted by Crippen LogP contribution is -2.33. The molecule has 1 aromatic heterocycles. The Hall–Kier alpha value is -0.330. The van der Waals surface area contributed by atoms with Gasteiger partial charge in [0.05, 0.1) is 10.5 Å². The van der Waals surface area contributed by atoms with Crippen LogP contribution >= 0.6 is 27.7 Å². The van der Waals surface area contributed by atoms with Crippen molar-refractivity contribution >= 4 is 33.5 Å². The zero-order valence-electron chi connectivity index (χ0n) is 8.48. The molecule has 4 nitrogen and oxygen atoms in total. The molecule has 2 rings (SSSR count). The number of hydrogen-bond donors (Lipinski definition) is 1. The number of halogens is 1. The molecule has 0 aromatic carbocycles. The topological polar surface area (TPSA) is 55.0 Å². The highest BCUT2D eigenvalue weighted by atomic mass is 79.9. The summed E-state index contributed by atoms with van der Waals surface area (Å²) < 4.78 is 0.761. The first kappa shape index (κ1) is 11.2. The van der Waals surface area contributed by atoms with E-state index >= 15 is 0 Å².